The first-order valence-corrected chi connectivity index (χ1v) is 7.42. The van der Waals surface area contributed by atoms with Gasteiger partial charge < -0.3 is 10.4 Å². The number of hydroxylamine groups is 1. The summed E-state index contributed by atoms with van der Waals surface area (Å²) in [7, 11) is 0. The lowest BCUT2D eigenvalue weighted by molar-refractivity contribution is -0.384. The third-order valence-corrected chi connectivity index (χ3v) is 3.91. The second kappa shape index (κ2) is 6.35. The number of fused-ring (bicyclic) bond motifs is 2. The second-order valence-electron chi connectivity index (χ2n) is 5.44. The Morgan fingerprint density at radius 2 is 2.26 bits per heavy atom. The molecule has 1 aromatic rings. The molecule has 0 radical (unpaired) electrons. The molecule has 0 saturated carbocycles. The van der Waals surface area contributed by atoms with Gasteiger partial charge in [0, 0.05) is 18.2 Å². The van der Waals surface area contributed by atoms with Gasteiger partial charge in [0.1, 0.15) is 11.8 Å². The minimum absolute atomic E-state index is 0.0345. The van der Waals surface area contributed by atoms with Crippen LogP contribution in [0.5, 0.6) is 0 Å². The van der Waals surface area contributed by atoms with Crippen LogP contribution in [-0.2, 0) is 4.84 Å². The highest BCUT2D eigenvalue weighted by Gasteiger charge is 2.35. The lowest BCUT2D eigenvalue weighted by Gasteiger charge is -2.41. The summed E-state index contributed by atoms with van der Waals surface area (Å²) in [5, 5.41) is 24.2. The second-order valence-corrected chi connectivity index (χ2v) is 5.44. The summed E-state index contributed by atoms with van der Waals surface area (Å²) in [6.45, 7) is -0.0961. The summed E-state index contributed by atoms with van der Waals surface area (Å²) >= 11 is 0. The van der Waals surface area contributed by atoms with Gasteiger partial charge in [0.25, 0.3) is 11.6 Å². The van der Waals surface area contributed by atoms with Gasteiger partial charge in [0.2, 0.25) is 0 Å². The Hall–Kier alpha value is -2.45. The zero-order valence-corrected chi connectivity index (χ0v) is 12.3. The highest BCUT2D eigenvalue weighted by molar-refractivity contribution is 5.95. The molecule has 122 valence electrons. The van der Waals surface area contributed by atoms with Crippen molar-refractivity contribution >= 4 is 17.3 Å². The maximum atomic E-state index is 11.9. The molecule has 8 heteroatoms. The van der Waals surface area contributed by atoms with E-state index < -0.39 is 10.8 Å². The molecule has 2 aliphatic heterocycles. The third kappa shape index (κ3) is 3.03. The molecule has 1 amide bonds. The Morgan fingerprint density at radius 1 is 1.43 bits per heavy atom. The van der Waals surface area contributed by atoms with Crippen molar-refractivity contribution in [3.8, 4) is 0 Å². The van der Waals surface area contributed by atoms with Crippen molar-refractivity contribution in [1.29, 1.82) is 0 Å². The number of carbonyl (C=O) groups excluding carboxylic acids is 1. The zero-order valence-electron chi connectivity index (χ0n) is 12.3. The van der Waals surface area contributed by atoms with Crippen LogP contribution in [0.2, 0.25) is 0 Å². The molecule has 2 N–H and O–H groups in total. The predicted molar refractivity (Wildman–Crippen MR) is 82.0 cm³/mol. The minimum atomic E-state index is -0.520. The van der Waals surface area contributed by atoms with Crippen LogP contribution < -0.4 is 10.4 Å². The number of nitro groups is 1. The number of rotatable bonds is 5. The van der Waals surface area contributed by atoms with Crippen molar-refractivity contribution in [2.45, 2.75) is 25.0 Å². The number of anilines is 1. The van der Waals surface area contributed by atoms with Gasteiger partial charge in [0.15, 0.2) is 0 Å². The van der Waals surface area contributed by atoms with Crippen LogP contribution in [-0.4, -0.2) is 41.2 Å². The lowest BCUT2D eigenvalue weighted by atomic mass is 9.97. The van der Waals surface area contributed by atoms with E-state index in [9.17, 15) is 14.9 Å². The van der Waals surface area contributed by atoms with Crippen molar-refractivity contribution in [2.24, 2.45) is 0 Å². The summed E-state index contributed by atoms with van der Waals surface area (Å²) < 4.78 is 0. The molecule has 1 aliphatic carbocycles. The van der Waals surface area contributed by atoms with Gasteiger partial charge in [-0.2, -0.15) is 0 Å². The fourth-order valence-corrected chi connectivity index (χ4v) is 2.79. The standard InChI is InChI=1S/C15H17N3O5/c19-8-7-16-15(20)10-1-6-13(14(9-10)18(21)22)17-11-2-4-12(23-17)5-3-11/h1-2,4,6,9,11-12,19H,3,5,7-8H2,(H,16,20)/t11-,12+/m1/s1. The van der Waals surface area contributed by atoms with E-state index in [1.165, 1.54) is 18.2 Å². The Balaban J connectivity index is 1.90. The van der Waals surface area contributed by atoms with Gasteiger partial charge in [-0.3, -0.25) is 19.7 Å². The van der Waals surface area contributed by atoms with Crippen molar-refractivity contribution in [3.05, 3.63) is 46.0 Å². The first-order valence-electron chi connectivity index (χ1n) is 7.42. The SMILES string of the molecule is O=C(NCCO)c1ccc(N2O[C@H]3C=C[C@@H]2CC3)c([N+](=O)[O-])c1. The number of aliphatic hydroxyl groups excluding tert-OH is 1. The number of aliphatic hydroxyl groups is 1. The van der Waals surface area contributed by atoms with Crippen molar-refractivity contribution < 1.29 is 19.7 Å². The molecular weight excluding hydrogens is 302 g/mol. The molecule has 8 nitrogen and oxygen atoms in total. The van der Waals surface area contributed by atoms with Crippen LogP contribution in [0.4, 0.5) is 11.4 Å². The van der Waals surface area contributed by atoms with E-state index in [1.807, 2.05) is 12.2 Å². The predicted octanol–water partition coefficient (Wildman–Crippen LogP) is 1.16. The monoisotopic (exact) mass is 319 g/mol. The molecule has 1 fully saturated rings. The molecule has 0 spiro atoms. The first kappa shape index (κ1) is 15.4. The number of amides is 1. The molecule has 23 heavy (non-hydrogen) atoms. The van der Waals surface area contributed by atoms with E-state index in [-0.39, 0.29) is 36.5 Å². The Bertz CT molecular complexity index is 661. The van der Waals surface area contributed by atoms with Gasteiger partial charge in [-0.25, -0.2) is 5.06 Å². The van der Waals surface area contributed by atoms with Crippen LogP contribution in [0.1, 0.15) is 23.2 Å². The number of nitrogens with zero attached hydrogens (tertiary/aromatic N) is 2. The van der Waals surface area contributed by atoms with Gasteiger partial charge >= 0.3 is 0 Å². The van der Waals surface area contributed by atoms with Crippen LogP contribution in [0.25, 0.3) is 0 Å². The molecule has 2 atom stereocenters. The quantitative estimate of drug-likeness (QED) is 0.479. The first-order chi connectivity index (χ1) is 11.1. The molecule has 0 aromatic heterocycles. The summed E-state index contributed by atoms with van der Waals surface area (Å²) in [4.78, 5) is 28.5. The highest BCUT2D eigenvalue weighted by Crippen LogP contribution is 2.37. The molecule has 2 bridgehead atoms. The van der Waals surface area contributed by atoms with E-state index in [2.05, 4.69) is 5.32 Å². The van der Waals surface area contributed by atoms with Crippen LogP contribution in [0, 0.1) is 10.1 Å². The largest absolute Gasteiger partial charge is 0.395 e. The fraction of sp³-hybridized carbons (Fsp3) is 0.400. The summed E-state index contributed by atoms with van der Waals surface area (Å²) in [6.07, 6.45) is 5.66. The van der Waals surface area contributed by atoms with E-state index in [0.717, 1.165) is 12.8 Å². The van der Waals surface area contributed by atoms with Crippen molar-refractivity contribution in [3.63, 3.8) is 0 Å². The van der Waals surface area contributed by atoms with E-state index in [1.54, 1.807) is 5.06 Å². The van der Waals surface area contributed by atoms with Gasteiger partial charge in [-0.05, 0) is 25.0 Å². The van der Waals surface area contributed by atoms with Gasteiger partial charge in [0.05, 0.1) is 17.6 Å². The molecule has 1 saturated heterocycles. The lowest BCUT2D eigenvalue weighted by Crippen LogP contribution is -2.45. The maximum Gasteiger partial charge on any atom is 0.295 e. The number of benzene rings is 1. The Kier molecular flexibility index (Phi) is 4.26. The number of nitrogens with one attached hydrogen (secondary N) is 1. The average Bonchev–Trinajstić information content (AvgIpc) is 2.60. The smallest absolute Gasteiger partial charge is 0.295 e. The van der Waals surface area contributed by atoms with E-state index >= 15 is 0 Å². The summed E-state index contributed by atoms with van der Waals surface area (Å²) in [5.74, 6) is -0.463. The molecule has 3 aliphatic rings. The minimum Gasteiger partial charge on any atom is -0.395 e. The Labute approximate surface area is 132 Å². The molecular formula is C15H17N3O5. The zero-order chi connectivity index (χ0) is 16.4. The fourth-order valence-electron chi connectivity index (χ4n) is 2.79. The number of hydrogen-bond donors (Lipinski definition) is 2. The molecule has 1 aromatic carbocycles. The number of hydrogen-bond acceptors (Lipinski definition) is 6. The molecule has 4 rings (SSSR count). The topological polar surface area (TPSA) is 105 Å². The van der Waals surface area contributed by atoms with Crippen molar-refractivity contribution in [1.82, 2.24) is 5.32 Å². The average molecular weight is 319 g/mol. The van der Waals surface area contributed by atoms with Gasteiger partial charge in [-0.1, -0.05) is 12.2 Å². The van der Waals surface area contributed by atoms with E-state index in [0.29, 0.717) is 5.69 Å². The third-order valence-electron chi connectivity index (χ3n) is 3.91. The van der Waals surface area contributed by atoms with Crippen LogP contribution in [0.3, 0.4) is 0 Å². The highest BCUT2D eigenvalue weighted by atomic mass is 16.7. The van der Waals surface area contributed by atoms with Gasteiger partial charge in [-0.15, -0.1) is 0 Å². The Morgan fingerprint density at radius 3 is 2.83 bits per heavy atom. The maximum absolute atomic E-state index is 11.9. The van der Waals surface area contributed by atoms with Crippen molar-refractivity contribution in [2.75, 3.05) is 18.2 Å². The van der Waals surface area contributed by atoms with Crippen LogP contribution in [0.15, 0.2) is 30.4 Å². The number of carbonyl (C=O) groups is 1. The van der Waals surface area contributed by atoms with E-state index in [4.69, 9.17) is 9.94 Å². The number of nitro benzene ring substituents is 1. The summed E-state index contributed by atoms with van der Waals surface area (Å²) in [5.41, 5.74) is 0.335. The van der Waals surface area contributed by atoms with Crippen LogP contribution >= 0.6 is 0 Å². The molecule has 0 unspecified atom stereocenters. The normalized spacial score (nSPS) is 22.2. The summed E-state index contributed by atoms with van der Waals surface area (Å²) in [6, 6.07) is 4.25. The molecule has 2 heterocycles.